The van der Waals surface area contributed by atoms with Gasteiger partial charge in [0.25, 0.3) is 0 Å². The molecule has 0 saturated carbocycles. The van der Waals surface area contributed by atoms with E-state index in [4.69, 9.17) is 39.5 Å². The number of pyridine rings is 1. The Morgan fingerprint density at radius 3 is 2.42 bits per heavy atom. The molecule has 0 aliphatic carbocycles. The van der Waals surface area contributed by atoms with E-state index >= 15 is 0 Å². The second-order valence-electron chi connectivity index (χ2n) is 3.89. The first-order valence-corrected chi connectivity index (χ1v) is 6.62. The van der Waals surface area contributed by atoms with Crippen LogP contribution < -0.4 is 10.1 Å². The molecule has 2 rings (SSSR count). The summed E-state index contributed by atoms with van der Waals surface area (Å²) in [6.45, 7) is 1.95. The molecule has 19 heavy (non-hydrogen) atoms. The summed E-state index contributed by atoms with van der Waals surface area (Å²) in [6, 6.07) is 7.03. The van der Waals surface area contributed by atoms with Gasteiger partial charge in [-0.15, -0.1) is 0 Å². The first-order valence-electron chi connectivity index (χ1n) is 5.49. The van der Waals surface area contributed by atoms with Crippen molar-refractivity contribution in [3.05, 3.63) is 44.9 Å². The number of nitrogens with zero attached hydrogens (tertiary/aromatic N) is 1. The average molecular weight is 318 g/mol. The zero-order valence-electron chi connectivity index (χ0n) is 10.3. The summed E-state index contributed by atoms with van der Waals surface area (Å²) in [7, 11) is 1.71. The first kappa shape index (κ1) is 14.3. The number of hydrogen-bond donors (Lipinski definition) is 1. The van der Waals surface area contributed by atoms with Gasteiger partial charge in [-0.1, -0.05) is 40.9 Å². The Morgan fingerprint density at radius 2 is 1.79 bits per heavy atom. The van der Waals surface area contributed by atoms with E-state index in [-0.39, 0.29) is 5.88 Å². The van der Waals surface area contributed by atoms with E-state index in [0.717, 1.165) is 5.56 Å². The van der Waals surface area contributed by atoms with Gasteiger partial charge in [-0.2, -0.15) is 4.98 Å². The van der Waals surface area contributed by atoms with Crippen LogP contribution in [0.5, 0.6) is 11.6 Å². The highest BCUT2D eigenvalue weighted by Gasteiger charge is 2.12. The zero-order chi connectivity index (χ0) is 14.0. The standard InChI is InChI=1S/C13H11Cl3N2O/c1-7-3-4-11(8(14)5-7)19-13-10(16)6-9(15)12(17-2)18-13/h3-6H,1-2H3,(H,17,18). The van der Waals surface area contributed by atoms with Gasteiger partial charge in [-0.05, 0) is 30.7 Å². The van der Waals surface area contributed by atoms with Crippen LogP contribution in [0.3, 0.4) is 0 Å². The van der Waals surface area contributed by atoms with Crippen molar-refractivity contribution in [2.24, 2.45) is 0 Å². The van der Waals surface area contributed by atoms with Gasteiger partial charge in [0.05, 0.1) is 10.0 Å². The number of aromatic nitrogens is 1. The number of halogens is 3. The molecule has 1 heterocycles. The van der Waals surface area contributed by atoms with Gasteiger partial charge in [0.2, 0.25) is 5.88 Å². The summed E-state index contributed by atoms with van der Waals surface area (Å²) in [6.07, 6.45) is 0. The number of nitrogens with one attached hydrogen (secondary N) is 1. The normalized spacial score (nSPS) is 10.4. The van der Waals surface area contributed by atoms with Crippen molar-refractivity contribution in [3.63, 3.8) is 0 Å². The Labute approximate surface area is 126 Å². The van der Waals surface area contributed by atoms with E-state index in [1.807, 2.05) is 13.0 Å². The predicted octanol–water partition coefficient (Wildman–Crippen LogP) is 5.18. The second kappa shape index (κ2) is 5.87. The molecule has 1 N–H and O–H groups in total. The summed E-state index contributed by atoms with van der Waals surface area (Å²) in [5.74, 6) is 1.23. The zero-order valence-corrected chi connectivity index (χ0v) is 12.6. The summed E-state index contributed by atoms with van der Waals surface area (Å²) < 4.78 is 5.62. The van der Waals surface area contributed by atoms with Crippen LogP contribution in [0, 0.1) is 6.92 Å². The molecular weight excluding hydrogens is 307 g/mol. The van der Waals surface area contributed by atoms with E-state index in [9.17, 15) is 0 Å². The molecule has 1 aromatic heterocycles. The maximum atomic E-state index is 6.10. The lowest BCUT2D eigenvalue weighted by atomic mass is 10.2. The van der Waals surface area contributed by atoms with E-state index in [0.29, 0.717) is 26.6 Å². The van der Waals surface area contributed by atoms with Crippen molar-refractivity contribution in [2.45, 2.75) is 6.92 Å². The number of rotatable bonds is 3. The summed E-state index contributed by atoms with van der Waals surface area (Å²) in [5.41, 5.74) is 1.04. The number of benzene rings is 1. The highest BCUT2D eigenvalue weighted by molar-refractivity contribution is 6.36. The summed E-state index contributed by atoms with van der Waals surface area (Å²) >= 11 is 18.1. The maximum absolute atomic E-state index is 6.10. The van der Waals surface area contributed by atoms with Crippen molar-refractivity contribution in [2.75, 3.05) is 12.4 Å². The topological polar surface area (TPSA) is 34.2 Å². The molecule has 6 heteroatoms. The van der Waals surface area contributed by atoms with Gasteiger partial charge in [-0.3, -0.25) is 0 Å². The Balaban J connectivity index is 2.37. The van der Waals surface area contributed by atoms with Crippen LogP contribution in [0.25, 0.3) is 0 Å². The lowest BCUT2D eigenvalue weighted by molar-refractivity contribution is 0.464. The number of aryl methyl sites for hydroxylation is 1. The molecule has 100 valence electrons. The Morgan fingerprint density at radius 1 is 1.05 bits per heavy atom. The van der Waals surface area contributed by atoms with Crippen LogP contribution >= 0.6 is 34.8 Å². The lowest BCUT2D eigenvalue weighted by Gasteiger charge is -2.11. The molecule has 1 aromatic carbocycles. The fraction of sp³-hybridized carbons (Fsp3) is 0.154. The first-order chi connectivity index (χ1) is 9.01. The number of ether oxygens (including phenoxy) is 1. The van der Waals surface area contributed by atoms with Crippen LogP contribution in [0.2, 0.25) is 15.1 Å². The summed E-state index contributed by atoms with van der Waals surface area (Å²) in [4.78, 5) is 4.19. The molecule has 0 unspecified atom stereocenters. The van der Waals surface area contributed by atoms with Crippen molar-refractivity contribution >= 4 is 40.6 Å². The number of hydrogen-bond acceptors (Lipinski definition) is 3. The molecule has 0 saturated heterocycles. The van der Waals surface area contributed by atoms with Gasteiger partial charge in [-0.25, -0.2) is 0 Å². The maximum Gasteiger partial charge on any atom is 0.240 e. The van der Waals surface area contributed by atoms with Crippen LogP contribution in [0.1, 0.15) is 5.56 Å². The predicted molar refractivity (Wildman–Crippen MR) is 80.1 cm³/mol. The summed E-state index contributed by atoms with van der Waals surface area (Å²) in [5, 5.41) is 4.10. The molecule has 0 atom stereocenters. The van der Waals surface area contributed by atoms with Gasteiger partial charge < -0.3 is 10.1 Å². The van der Waals surface area contributed by atoms with Crippen LogP contribution in [0.15, 0.2) is 24.3 Å². The molecule has 0 amide bonds. The quantitative estimate of drug-likeness (QED) is 0.846. The van der Waals surface area contributed by atoms with Gasteiger partial charge in [0, 0.05) is 7.05 Å². The molecule has 0 radical (unpaired) electrons. The van der Waals surface area contributed by atoms with E-state index in [2.05, 4.69) is 10.3 Å². The van der Waals surface area contributed by atoms with Crippen molar-refractivity contribution in [3.8, 4) is 11.6 Å². The Bertz CT molecular complexity index is 617. The minimum atomic E-state index is 0.251. The van der Waals surface area contributed by atoms with Crippen LogP contribution in [0.4, 0.5) is 5.82 Å². The molecule has 0 spiro atoms. The molecular formula is C13H11Cl3N2O. The number of anilines is 1. The third-order valence-electron chi connectivity index (χ3n) is 2.43. The molecule has 0 bridgehead atoms. The molecule has 3 nitrogen and oxygen atoms in total. The van der Waals surface area contributed by atoms with Crippen molar-refractivity contribution in [1.82, 2.24) is 4.98 Å². The third-order valence-corrected chi connectivity index (χ3v) is 3.28. The lowest BCUT2D eigenvalue weighted by Crippen LogP contribution is -1.97. The molecule has 2 aromatic rings. The SMILES string of the molecule is CNc1nc(Oc2ccc(C)cc2Cl)c(Cl)cc1Cl. The highest BCUT2D eigenvalue weighted by atomic mass is 35.5. The largest absolute Gasteiger partial charge is 0.436 e. The minimum Gasteiger partial charge on any atom is -0.436 e. The van der Waals surface area contributed by atoms with Gasteiger partial charge in [0.15, 0.2) is 0 Å². The van der Waals surface area contributed by atoms with Gasteiger partial charge >= 0.3 is 0 Å². The average Bonchev–Trinajstić information content (AvgIpc) is 2.35. The molecule has 0 fully saturated rings. The monoisotopic (exact) mass is 316 g/mol. The van der Waals surface area contributed by atoms with Gasteiger partial charge in [0.1, 0.15) is 16.6 Å². The smallest absolute Gasteiger partial charge is 0.240 e. The van der Waals surface area contributed by atoms with Crippen LogP contribution in [-0.2, 0) is 0 Å². The van der Waals surface area contributed by atoms with Crippen molar-refractivity contribution in [1.29, 1.82) is 0 Å². The third kappa shape index (κ3) is 3.24. The van der Waals surface area contributed by atoms with E-state index in [1.165, 1.54) is 0 Å². The fourth-order valence-electron chi connectivity index (χ4n) is 1.49. The van der Waals surface area contributed by atoms with E-state index < -0.39 is 0 Å². The molecule has 0 aliphatic heterocycles. The second-order valence-corrected chi connectivity index (χ2v) is 5.11. The fourth-order valence-corrected chi connectivity index (χ4v) is 2.25. The Hall–Kier alpha value is -1.16. The minimum absolute atomic E-state index is 0.251. The highest BCUT2D eigenvalue weighted by Crippen LogP contribution is 2.35. The van der Waals surface area contributed by atoms with Crippen molar-refractivity contribution < 1.29 is 4.74 Å². The molecule has 0 aliphatic rings. The van der Waals surface area contributed by atoms with Crippen LogP contribution in [-0.4, -0.2) is 12.0 Å². The Kier molecular flexibility index (Phi) is 4.40. The van der Waals surface area contributed by atoms with E-state index in [1.54, 1.807) is 25.2 Å².